The van der Waals surface area contributed by atoms with Crippen LogP contribution in [0.1, 0.15) is 12.2 Å². The first-order valence-corrected chi connectivity index (χ1v) is 12.1. The molecule has 3 aromatic rings. The average molecular weight is 474 g/mol. The lowest BCUT2D eigenvalue weighted by Crippen LogP contribution is -2.38. The fraction of sp³-hybridized carbons (Fsp3) is 0.304. The number of ether oxygens (including phenoxy) is 3. The summed E-state index contributed by atoms with van der Waals surface area (Å²) in [6.45, 7) is 1.32. The molecule has 10 heteroatoms. The fourth-order valence-electron chi connectivity index (χ4n) is 3.62. The third kappa shape index (κ3) is 5.11. The van der Waals surface area contributed by atoms with Crippen LogP contribution in [-0.2, 0) is 14.6 Å². The molecule has 1 aromatic heterocycles. The molecule has 0 saturated carbocycles. The van der Waals surface area contributed by atoms with Gasteiger partial charge in [0.05, 0.1) is 24.0 Å². The Kier molecular flexibility index (Phi) is 6.28. The number of nitrogens with one attached hydrogen (secondary N) is 1. The lowest BCUT2D eigenvalue weighted by Gasteiger charge is -2.13. The zero-order valence-corrected chi connectivity index (χ0v) is 18.9. The smallest absolute Gasteiger partial charge is 0.258 e. The number of carbonyl (C=O) groups is 1. The van der Waals surface area contributed by atoms with Crippen LogP contribution >= 0.6 is 0 Å². The van der Waals surface area contributed by atoms with Crippen molar-refractivity contribution >= 4 is 26.7 Å². The quantitative estimate of drug-likeness (QED) is 0.556. The maximum Gasteiger partial charge on any atom is 0.258 e. The Hall–Kier alpha value is -3.53. The van der Waals surface area contributed by atoms with Crippen molar-refractivity contribution in [3.8, 4) is 23.0 Å². The van der Waals surface area contributed by atoms with Crippen molar-refractivity contribution in [2.45, 2.75) is 19.4 Å². The molecule has 0 spiro atoms. The summed E-state index contributed by atoms with van der Waals surface area (Å²) in [5.74, 6) is 1.11. The van der Waals surface area contributed by atoms with Gasteiger partial charge in [-0.15, -0.1) is 0 Å². The van der Waals surface area contributed by atoms with Gasteiger partial charge >= 0.3 is 0 Å². The van der Waals surface area contributed by atoms with Gasteiger partial charge in [-0.2, -0.15) is 0 Å². The second kappa shape index (κ2) is 9.14. The molecular formula is C23H23NO8S. The first kappa shape index (κ1) is 22.7. The molecule has 1 aliphatic rings. The highest BCUT2D eigenvalue weighted by Crippen LogP contribution is 2.32. The molecule has 4 rings (SSSR count). The molecule has 1 saturated heterocycles. The van der Waals surface area contributed by atoms with E-state index in [0.29, 0.717) is 29.1 Å². The van der Waals surface area contributed by atoms with Crippen LogP contribution in [0, 0.1) is 6.92 Å². The Morgan fingerprint density at radius 1 is 1.18 bits per heavy atom. The van der Waals surface area contributed by atoms with Crippen LogP contribution in [0.4, 0.5) is 0 Å². The molecule has 2 aromatic carbocycles. The molecule has 1 N–H and O–H groups in total. The number of sulfone groups is 1. The number of para-hydroxylation sites is 2. The number of aryl methyl sites for hydroxylation is 1. The van der Waals surface area contributed by atoms with E-state index in [4.69, 9.17) is 18.6 Å². The largest absolute Gasteiger partial charge is 0.493 e. The Labute approximate surface area is 190 Å². The molecule has 1 aliphatic heterocycles. The predicted molar refractivity (Wildman–Crippen MR) is 121 cm³/mol. The minimum Gasteiger partial charge on any atom is -0.493 e. The lowest BCUT2D eigenvalue weighted by atomic mass is 10.2. The lowest BCUT2D eigenvalue weighted by molar-refractivity contribution is -0.123. The summed E-state index contributed by atoms with van der Waals surface area (Å²) in [6, 6.07) is 11.2. The summed E-state index contributed by atoms with van der Waals surface area (Å²) in [6.07, 6.45) is 0.397. The van der Waals surface area contributed by atoms with E-state index in [2.05, 4.69) is 5.32 Å². The maximum atomic E-state index is 13.0. The van der Waals surface area contributed by atoms with E-state index in [1.807, 2.05) is 0 Å². The van der Waals surface area contributed by atoms with Gasteiger partial charge < -0.3 is 23.9 Å². The van der Waals surface area contributed by atoms with Crippen LogP contribution in [0.25, 0.3) is 11.0 Å². The molecule has 1 fully saturated rings. The van der Waals surface area contributed by atoms with Gasteiger partial charge in [0.1, 0.15) is 17.1 Å². The highest BCUT2D eigenvalue weighted by atomic mass is 32.2. The number of hydrogen-bond acceptors (Lipinski definition) is 8. The molecule has 0 radical (unpaired) electrons. The van der Waals surface area contributed by atoms with Crippen molar-refractivity contribution in [2.75, 3.05) is 25.2 Å². The Morgan fingerprint density at radius 3 is 2.64 bits per heavy atom. The van der Waals surface area contributed by atoms with Crippen molar-refractivity contribution in [3.63, 3.8) is 0 Å². The van der Waals surface area contributed by atoms with E-state index < -0.39 is 21.8 Å². The van der Waals surface area contributed by atoms with Gasteiger partial charge in [0.25, 0.3) is 5.91 Å². The standard InChI is InChI=1S/C23H23NO8S/c1-14-23(32-19-6-4-3-5-18(19)29-2)22(26)17-8-7-16(11-20(17)31-14)30-12-21(25)24-15-9-10-33(27,28)13-15/h3-8,11,15H,9-10,12-13H2,1-2H3,(H,24,25)/t15-/m0/s1. The summed E-state index contributed by atoms with van der Waals surface area (Å²) >= 11 is 0. The van der Waals surface area contributed by atoms with E-state index in [1.165, 1.54) is 19.2 Å². The number of carbonyl (C=O) groups excluding carboxylic acids is 1. The fourth-order valence-corrected chi connectivity index (χ4v) is 5.29. The SMILES string of the molecule is COc1ccccc1Oc1c(C)oc2cc(OCC(=O)N[C@H]3CCS(=O)(=O)C3)ccc2c1=O. The number of fused-ring (bicyclic) bond motifs is 1. The van der Waals surface area contributed by atoms with Crippen molar-refractivity contribution in [3.05, 3.63) is 58.4 Å². The van der Waals surface area contributed by atoms with Gasteiger partial charge in [0.15, 0.2) is 27.9 Å². The first-order valence-electron chi connectivity index (χ1n) is 10.3. The van der Waals surface area contributed by atoms with Crippen LogP contribution in [0.5, 0.6) is 23.0 Å². The second-order valence-corrected chi connectivity index (χ2v) is 9.91. The van der Waals surface area contributed by atoms with E-state index in [1.54, 1.807) is 37.3 Å². The van der Waals surface area contributed by atoms with Crippen molar-refractivity contribution in [2.24, 2.45) is 0 Å². The van der Waals surface area contributed by atoms with Crippen LogP contribution < -0.4 is 25.0 Å². The van der Waals surface area contributed by atoms with Gasteiger partial charge in [0.2, 0.25) is 11.2 Å². The summed E-state index contributed by atoms with van der Waals surface area (Å²) in [5.41, 5.74) is -0.0731. The first-order chi connectivity index (χ1) is 15.8. The predicted octanol–water partition coefficient (Wildman–Crippen LogP) is 2.58. The van der Waals surface area contributed by atoms with E-state index in [9.17, 15) is 18.0 Å². The van der Waals surface area contributed by atoms with Crippen molar-refractivity contribution < 1.29 is 31.8 Å². The minimum absolute atomic E-state index is 0.0477. The second-order valence-electron chi connectivity index (χ2n) is 7.68. The van der Waals surface area contributed by atoms with Gasteiger partial charge in [-0.05, 0) is 37.6 Å². The molecule has 1 amide bonds. The molecule has 2 heterocycles. The van der Waals surface area contributed by atoms with Crippen LogP contribution in [0.2, 0.25) is 0 Å². The van der Waals surface area contributed by atoms with Gasteiger partial charge in [0, 0.05) is 12.1 Å². The maximum absolute atomic E-state index is 13.0. The van der Waals surface area contributed by atoms with Crippen molar-refractivity contribution in [1.82, 2.24) is 5.32 Å². The highest BCUT2D eigenvalue weighted by molar-refractivity contribution is 7.91. The number of benzene rings is 2. The summed E-state index contributed by atoms with van der Waals surface area (Å²) in [7, 11) is -1.57. The van der Waals surface area contributed by atoms with E-state index >= 15 is 0 Å². The highest BCUT2D eigenvalue weighted by Gasteiger charge is 2.29. The average Bonchev–Trinajstić information content (AvgIpc) is 3.13. The molecule has 0 aliphatic carbocycles. The zero-order valence-electron chi connectivity index (χ0n) is 18.1. The van der Waals surface area contributed by atoms with E-state index in [-0.39, 0.29) is 40.6 Å². The third-order valence-electron chi connectivity index (χ3n) is 5.24. The topological polar surface area (TPSA) is 121 Å². The van der Waals surface area contributed by atoms with E-state index in [0.717, 1.165) is 0 Å². The number of hydrogen-bond donors (Lipinski definition) is 1. The summed E-state index contributed by atoms with van der Waals surface area (Å²) in [4.78, 5) is 25.1. The number of rotatable bonds is 7. The Balaban J connectivity index is 1.48. The normalized spacial score (nSPS) is 17.0. The minimum atomic E-state index is -3.08. The Morgan fingerprint density at radius 2 is 1.94 bits per heavy atom. The summed E-state index contributed by atoms with van der Waals surface area (Å²) in [5, 5.41) is 2.95. The Bertz CT molecular complexity index is 1360. The van der Waals surface area contributed by atoms with Crippen LogP contribution in [-0.4, -0.2) is 45.6 Å². The monoisotopic (exact) mass is 473 g/mol. The number of methoxy groups -OCH3 is 1. The van der Waals surface area contributed by atoms with Gasteiger partial charge in [-0.1, -0.05) is 12.1 Å². The molecule has 0 bridgehead atoms. The summed E-state index contributed by atoms with van der Waals surface area (Å²) < 4.78 is 45.4. The number of amides is 1. The van der Waals surface area contributed by atoms with Crippen LogP contribution in [0.15, 0.2) is 51.7 Å². The molecular weight excluding hydrogens is 450 g/mol. The van der Waals surface area contributed by atoms with Gasteiger partial charge in [-0.3, -0.25) is 9.59 Å². The molecule has 9 nitrogen and oxygen atoms in total. The molecule has 174 valence electrons. The van der Waals surface area contributed by atoms with Crippen molar-refractivity contribution in [1.29, 1.82) is 0 Å². The zero-order chi connectivity index (χ0) is 23.6. The molecule has 1 atom stereocenters. The van der Waals surface area contributed by atoms with Gasteiger partial charge in [-0.25, -0.2) is 8.42 Å². The third-order valence-corrected chi connectivity index (χ3v) is 7.00. The molecule has 33 heavy (non-hydrogen) atoms. The van der Waals surface area contributed by atoms with Crippen LogP contribution in [0.3, 0.4) is 0 Å². The molecule has 0 unspecified atom stereocenters.